The minimum Gasteiger partial charge on any atom is -0.406 e. The largest absolute Gasteiger partial charge is 0.573 e. The van der Waals surface area contributed by atoms with E-state index in [1.54, 1.807) is 4.90 Å². The molecular formula is C31H27F3N6O2S2. The third-order valence-electron chi connectivity index (χ3n) is 7.35. The van der Waals surface area contributed by atoms with E-state index >= 15 is 0 Å². The number of nitrogens with one attached hydrogen (secondary N) is 1. The van der Waals surface area contributed by atoms with Gasteiger partial charge in [-0.15, -0.1) is 18.3 Å². The summed E-state index contributed by atoms with van der Waals surface area (Å²) < 4.78 is 42.7. The normalized spacial score (nSPS) is 19.0. The zero-order valence-corrected chi connectivity index (χ0v) is 25.3. The lowest BCUT2D eigenvalue weighted by Crippen LogP contribution is -2.32. The van der Waals surface area contributed by atoms with E-state index in [4.69, 9.17) is 12.2 Å². The highest BCUT2D eigenvalue weighted by molar-refractivity contribution is 8.15. The van der Waals surface area contributed by atoms with Gasteiger partial charge in [-0.05, 0) is 79.0 Å². The molecule has 2 fully saturated rings. The molecule has 3 aromatic carbocycles. The van der Waals surface area contributed by atoms with Crippen molar-refractivity contribution in [2.45, 2.75) is 45.0 Å². The van der Waals surface area contributed by atoms with Gasteiger partial charge in [-0.25, -0.2) is 9.67 Å². The molecule has 0 radical (unpaired) electrons. The Bertz CT molecular complexity index is 1740. The number of hydrogen-bond donors (Lipinski definition) is 1. The van der Waals surface area contributed by atoms with Gasteiger partial charge in [0.2, 0.25) is 5.91 Å². The number of aromatic nitrogens is 3. The molecule has 1 aliphatic heterocycles. The lowest BCUT2D eigenvalue weighted by Gasteiger charge is -2.20. The van der Waals surface area contributed by atoms with Crippen molar-refractivity contribution in [3.63, 3.8) is 0 Å². The van der Waals surface area contributed by atoms with Gasteiger partial charge in [-0.2, -0.15) is 4.99 Å². The third kappa shape index (κ3) is 6.63. The van der Waals surface area contributed by atoms with Gasteiger partial charge in [-0.1, -0.05) is 55.1 Å². The summed E-state index contributed by atoms with van der Waals surface area (Å²) in [5, 5.41) is 8.75. The number of aryl methyl sites for hydroxylation is 2. The molecule has 4 aromatic rings. The first-order valence-corrected chi connectivity index (χ1v) is 15.3. The highest BCUT2D eigenvalue weighted by Crippen LogP contribution is 2.41. The van der Waals surface area contributed by atoms with E-state index in [1.165, 1.54) is 47.0 Å². The minimum absolute atomic E-state index is 0.00556. The van der Waals surface area contributed by atoms with Crippen molar-refractivity contribution in [1.82, 2.24) is 20.1 Å². The molecule has 2 atom stereocenters. The zero-order valence-electron chi connectivity index (χ0n) is 23.7. The molecule has 2 heterocycles. The number of rotatable bonds is 7. The molecule has 1 saturated heterocycles. The summed E-state index contributed by atoms with van der Waals surface area (Å²) in [4.78, 5) is 23.4. The van der Waals surface area contributed by atoms with Crippen molar-refractivity contribution in [1.29, 1.82) is 0 Å². The minimum atomic E-state index is -4.75. The number of halogens is 3. The van der Waals surface area contributed by atoms with E-state index < -0.39 is 6.36 Å². The molecule has 44 heavy (non-hydrogen) atoms. The number of benzene rings is 3. The Morgan fingerprint density at radius 2 is 1.89 bits per heavy atom. The van der Waals surface area contributed by atoms with Gasteiger partial charge in [-0.3, -0.25) is 9.69 Å². The number of alkyl halides is 3. The maximum absolute atomic E-state index is 12.8. The predicted octanol–water partition coefficient (Wildman–Crippen LogP) is 6.57. The summed E-state index contributed by atoms with van der Waals surface area (Å²) in [6.07, 6.45) is -1.53. The molecular weight excluding hydrogens is 610 g/mol. The Hall–Kier alpha value is -4.23. The van der Waals surface area contributed by atoms with E-state index in [0.717, 1.165) is 40.8 Å². The number of aliphatic imine (C=N–C) groups is 1. The summed E-state index contributed by atoms with van der Waals surface area (Å²) >= 11 is 6.96. The molecule has 1 saturated carbocycles. The Morgan fingerprint density at radius 1 is 1.14 bits per heavy atom. The number of ether oxygens (including phenoxy) is 1. The van der Waals surface area contributed by atoms with Gasteiger partial charge in [0.05, 0.1) is 17.1 Å². The van der Waals surface area contributed by atoms with Crippen LogP contribution in [0.4, 0.5) is 18.9 Å². The molecule has 226 valence electrons. The van der Waals surface area contributed by atoms with Gasteiger partial charge < -0.3 is 10.1 Å². The van der Waals surface area contributed by atoms with Crippen LogP contribution >= 0.6 is 24.0 Å². The Balaban J connectivity index is 1.08. The summed E-state index contributed by atoms with van der Waals surface area (Å²) in [7, 11) is 0. The molecule has 8 nitrogen and oxygen atoms in total. The highest BCUT2D eigenvalue weighted by Gasteiger charge is 2.39. The second-order valence-corrected chi connectivity index (χ2v) is 11.8. The fourth-order valence-corrected chi connectivity index (χ4v) is 6.23. The first-order valence-electron chi connectivity index (χ1n) is 13.9. The van der Waals surface area contributed by atoms with E-state index in [2.05, 4.69) is 38.1 Å². The quantitative estimate of drug-likeness (QED) is 0.230. The summed E-state index contributed by atoms with van der Waals surface area (Å²) in [6.45, 7) is 4.07. The van der Waals surface area contributed by atoms with Crippen LogP contribution in [0.1, 0.15) is 36.0 Å². The number of thioether (sulfide) groups is 1. The maximum Gasteiger partial charge on any atom is 0.573 e. The molecule has 2 aliphatic rings. The van der Waals surface area contributed by atoms with Crippen molar-refractivity contribution in [2.24, 2.45) is 4.99 Å². The van der Waals surface area contributed by atoms with Crippen LogP contribution in [0.5, 0.6) is 5.75 Å². The van der Waals surface area contributed by atoms with Crippen LogP contribution in [0.2, 0.25) is 0 Å². The van der Waals surface area contributed by atoms with Gasteiger partial charge in [0, 0.05) is 17.5 Å². The zero-order chi connectivity index (χ0) is 31.0. The highest BCUT2D eigenvalue weighted by atomic mass is 32.2. The Kier molecular flexibility index (Phi) is 8.16. The fraction of sp³-hybridized carbons (Fsp3) is 0.258. The number of amidine groups is 1. The second-order valence-electron chi connectivity index (χ2n) is 10.5. The number of amides is 1. The standard InChI is InChI=1S/C31H27F3N6O2S2/c1-3-19-5-4-18(2)14-26(19)40-27(41)16-44-30(40)37-29(43)36-25-15-24(25)20-6-8-21(9-7-20)28-35-17-39(38-28)22-10-12-23(13-11-22)42-31(32,33)34/h4-14,17,24-25H,3,15-16H2,1-2H3,(H,36,43). The molecule has 2 unspecified atom stereocenters. The maximum atomic E-state index is 12.8. The number of carbonyl (C=O) groups is 1. The van der Waals surface area contributed by atoms with Crippen LogP contribution in [0.15, 0.2) is 78.0 Å². The van der Waals surface area contributed by atoms with Gasteiger partial charge >= 0.3 is 6.36 Å². The van der Waals surface area contributed by atoms with Gasteiger partial charge in [0.15, 0.2) is 16.1 Å². The van der Waals surface area contributed by atoms with Crippen molar-refractivity contribution in [2.75, 3.05) is 10.7 Å². The van der Waals surface area contributed by atoms with Gasteiger partial charge in [0.25, 0.3) is 0 Å². The molecule has 1 amide bonds. The van der Waals surface area contributed by atoms with Gasteiger partial charge in [0.1, 0.15) is 12.1 Å². The fourth-order valence-electron chi connectivity index (χ4n) is 5.06. The number of hydrogen-bond acceptors (Lipinski definition) is 6. The average molecular weight is 637 g/mol. The van der Waals surface area contributed by atoms with Crippen LogP contribution in [0.3, 0.4) is 0 Å². The number of thiocarbonyl (C=S) groups is 1. The lowest BCUT2D eigenvalue weighted by molar-refractivity contribution is -0.274. The molecule has 1 N–H and O–H groups in total. The Labute approximate surface area is 261 Å². The lowest BCUT2D eigenvalue weighted by atomic mass is 10.1. The van der Waals surface area contributed by atoms with Crippen LogP contribution in [0.25, 0.3) is 17.1 Å². The number of carbonyl (C=O) groups excluding carboxylic acids is 1. The van der Waals surface area contributed by atoms with E-state index in [-0.39, 0.29) is 23.6 Å². The average Bonchev–Trinajstić information content (AvgIpc) is 3.39. The molecule has 0 spiro atoms. The van der Waals surface area contributed by atoms with Crippen LogP contribution in [-0.2, 0) is 11.2 Å². The monoisotopic (exact) mass is 636 g/mol. The number of anilines is 1. The van der Waals surface area contributed by atoms with Crippen molar-refractivity contribution in [3.05, 3.63) is 89.7 Å². The number of nitrogens with zero attached hydrogens (tertiary/aromatic N) is 5. The summed E-state index contributed by atoms with van der Waals surface area (Å²) in [6, 6.07) is 19.6. The van der Waals surface area contributed by atoms with Crippen LogP contribution in [-0.4, -0.2) is 49.1 Å². The SMILES string of the molecule is CCc1ccc(C)cc1N1C(=O)CSC1=NC(=S)NC1CC1c1ccc(-c2ncn(-c3ccc(OC(F)(F)F)cc3)n2)cc1. The van der Waals surface area contributed by atoms with E-state index in [0.29, 0.717) is 27.5 Å². The second kappa shape index (κ2) is 12.0. The predicted molar refractivity (Wildman–Crippen MR) is 168 cm³/mol. The first-order chi connectivity index (χ1) is 21.1. The smallest absolute Gasteiger partial charge is 0.406 e. The summed E-state index contributed by atoms with van der Waals surface area (Å²) in [5.74, 6) is 0.771. The third-order valence-corrected chi connectivity index (χ3v) is 8.48. The molecule has 13 heteroatoms. The molecule has 1 aliphatic carbocycles. The van der Waals surface area contributed by atoms with E-state index in [1.807, 2.05) is 43.3 Å². The summed E-state index contributed by atoms with van der Waals surface area (Å²) in [5.41, 5.74) is 5.52. The first kappa shape index (κ1) is 29.8. The van der Waals surface area contributed by atoms with Crippen LogP contribution < -0.4 is 15.0 Å². The molecule has 0 bridgehead atoms. The van der Waals surface area contributed by atoms with Crippen LogP contribution in [0, 0.1) is 6.92 Å². The van der Waals surface area contributed by atoms with Crippen molar-refractivity contribution in [3.8, 4) is 22.8 Å². The molecule has 1 aromatic heterocycles. The van der Waals surface area contributed by atoms with E-state index in [9.17, 15) is 18.0 Å². The molecule has 6 rings (SSSR count). The Morgan fingerprint density at radius 3 is 2.59 bits per heavy atom. The van der Waals surface area contributed by atoms with Crippen molar-refractivity contribution < 1.29 is 22.7 Å². The topological polar surface area (TPSA) is 84.6 Å². The van der Waals surface area contributed by atoms with Crippen molar-refractivity contribution >= 4 is 45.9 Å².